The highest BCUT2D eigenvalue weighted by atomic mass is 32.1. The SMILES string of the molecule is CCOC(=O)c1sc(CC(=O)/C(C#N)=C/c2cc(OC)c(OC)cc2OC)c(C#N)c1C. The number of methoxy groups -OCH3 is 3. The first-order valence-corrected chi connectivity index (χ1v) is 10.3. The number of carbonyl (C=O) groups is 2. The third-order valence-electron chi connectivity index (χ3n) is 4.57. The van der Waals surface area contributed by atoms with Crippen LogP contribution < -0.4 is 14.2 Å². The lowest BCUT2D eigenvalue weighted by molar-refractivity contribution is -0.114. The molecule has 166 valence electrons. The van der Waals surface area contributed by atoms with Crippen LogP contribution in [0.25, 0.3) is 6.08 Å². The van der Waals surface area contributed by atoms with Crippen LogP contribution in [-0.4, -0.2) is 39.7 Å². The first-order chi connectivity index (χ1) is 15.3. The van der Waals surface area contributed by atoms with Crippen molar-refractivity contribution in [2.75, 3.05) is 27.9 Å². The van der Waals surface area contributed by atoms with Gasteiger partial charge in [-0.15, -0.1) is 11.3 Å². The monoisotopic (exact) mass is 454 g/mol. The molecule has 0 bridgehead atoms. The normalized spacial score (nSPS) is 10.7. The Morgan fingerprint density at radius 1 is 1.06 bits per heavy atom. The van der Waals surface area contributed by atoms with Crippen molar-refractivity contribution in [3.63, 3.8) is 0 Å². The maximum absolute atomic E-state index is 12.9. The number of hydrogen-bond acceptors (Lipinski definition) is 9. The van der Waals surface area contributed by atoms with Crippen molar-refractivity contribution in [3.8, 4) is 29.4 Å². The lowest BCUT2D eigenvalue weighted by atomic mass is 10.0. The van der Waals surface area contributed by atoms with Crippen LogP contribution in [-0.2, 0) is 16.0 Å². The molecule has 2 aromatic rings. The van der Waals surface area contributed by atoms with E-state index in [9.17, 15) is 20.1 Å². The molecule has 0 radical (unpaired) electrons. The minimum Gasteiger partial charge on any atom is -0.496 e. The third-order valence-corrected chi connectivity index (χ3v) is 5.84. The van der Waals surface area contributed by atoms with E-state index in [1.807, 2.05) is 12.1 Å². The van der Waals surface area contributed by atoms with E-state index >= 15 is 0 Å². The van der Waals surface area contributed by atoms with Crippen molar-refractivity contribution in [2.45, 2.75) is 20.3 Å². The molecule has 0 saturated heterocycles. The molecule has 0 saturated carbocycles. The number of benzene rings is 1. The molecule has 0 fully saturated rings. The summed E-state index contributed by atoms with van der Waals surface area (Å²) in [4.78, 5) is 25.7. The van der Waals surface area contributed by atoms with Gasteiger partial charge in [0.15, 0.2) is 17.3 Å². The van der Waals surface area contributed by atoms with E-state index in [1.165, 1.54) is 27.4 Å². The summed E-state index contributed by atoms with van der Waals surface area (Å²) in [7, 11) is 4.41. The average Bonchev–Trinajstić information content (AvgIpc) is 3.11. The summed E-state index contributed by atoms with van der Waals surface area (Å²) in [6.07, 6.45) is 1.19. The first-order valence-electron chi connectivity index (χ1n) is 9.49. The Morgan fingerprint density at radius 3 is 2.22 bits per heavy atom. The van der Waals surface area contributed by atoms with E-state index < -0.39 is 11.8 Å². The Morgan fingerprint density at radius 2 is 1.69 bits per heavy atom. The second-order valence-electron chi connectivity index (χ2n) is 6.41. The van der Waals surface area contributed by atoms with Crippen LogP contribution in [0.5, 0.6) is 17.2 Å². The minimum atomic E-state index is -0.545. The van der Waals surface area contributed by atoms with Gasteiger partial charge in [0.25, 0.3) is 0 Å². The minimum absolute atomic E-state index is 0.136. The molecule has 1 aromatic carbocycles. The van der Waals surface area contributed by atoms with Crippen LogP contribution in [0.15, 0.2) is 17.7 Å². The predicted octanol–water partition coefficient (Wildman–Crippen LogP) is 3.85. The standard InChI is InChI=1S/C23H22N2O6S/c1-6-31-23(27)22-13(2)16(12-25)21(32-22)9-17(26)15(11-24)7-14-8-19(29-4)20(30-5)10-18(14)28-3/h7-8,10H,6,9H2,1-5H3/b15-7+. The Bertz CT molecular complexity index is 1150. The molecule has 9 heteroatoms. The Labute approximate surface area is 190 Å². The molecule has 0 N–H and O–H groups in total. The molecular weight excluding hydrogens is 432 g/mol. The van der Waals surface area contributed by atoms with E-state index in [0.717, 1.165) is 11.3 Å². The van der Waals surface area contributed by atoms with E-state index in [-0.39, 0.29) is 29.0 Å². The molecule has 0 aliphatic heterocycles. The summed E-state index contributed by atoms with van der Waals surface area (Å²) >= 11 is 1.02. The number of nitriles is 2. The molecular formula is C23H22N2O6S. The van der Waals surface area contributed by atoms with Gasteiger partial charge in [-0.2, -0.15) is 10.5 Å². The summed E-state index contributed by atoms with van der Waals surface area (Å²) in [5, 5.41) is 19.1. The molecule has 8 nitrogen and oxygen atoms in total. The van der Waals surface area contributed by atoms with Gasteiger partial charge in [-0.1, -0.05) is 0 Å². The zero-order valence-corrected chi connectivity index (χ0v) is 19.2. The Kier molecular flexibility index (Phi) is 8.39. The summed E-state index contributed by atoms with van der Waals surface area (Å²) in [5.41, 5.74) is 1.02. The molecule has 0 atom stereocenters. The highest BCUT2D eigenvalue weighted by molar-refractivity contribution is 7.14. The van der Waals surface area contributed by atoms with Crippen LogP contribution in [0.1, 0.15) is 38.2 Å². The molecule has 0 aliphatic carbocycles. The Hall–Kier alpha value is -3.82. The summed E-state index contributed by atoms with van der Waals surface area (Å²) < 4.78 is 20.9. The Balaban J connectivity index is 2.45. The molecule has 1 aromatic heterocycles. The average molecular weight is 455 g/mol. The van der Waals surface area contributed by atoms with Crippen LogP contribution in [0.4, 0.5) is 0 Å². The zero-order chi connectivity index (χ0) is 23.8. The second kappa shape index (κ2) is 11.0. The van der Waals surface area contributed by atoms with Gasteiger partial charge in [-0.3, -0.25) is 4.79 Å². The number of ketones is 1. The fourth-order valence-electron chi connectivity index (χ4n) is 2.97. The summed E-state index contributed by atoms with van der Waals surface area (Å²) in [6, 6.07) is 7.12. The molecule has 1 heterocycles. The van der Waals surface area contributed by atoms with Gasteiger partial charge in [0, 0.05) is 22.9 Å². The number of Topliss-reactive ketones (excluding diaryl/α,β-unsaturated/α-hetero) is 1. The van der Waals surface area contributed by atoms with Crippen molar-refractivity contribution in [1.29, 1.82) is 10.5 Å². The number of rotatable bonds is 9. The van der Waals surface area contributed by atoms with Gasteiger partial charge in [0.05, 0.1) is 39.1 Å². The van der Waals surface area contributed by atoms with E-state index in [4.69, 9.17) is 18.9 Å². The van der Waals surface area contributed by atoms with E-state index in [0.29, 0.717) is 33.3 Å². The number of nitrogens with zero attached hydrogens (tertiary/aromatic N) is 2. The smallest absolute Gasteiger partial charge is 0.348 e. The molecule has 0 amide bonds. The lowest BCUT2D eigenvalue weighted by Crippen LogP contribution is -2.05. The molecule has 0 unspecified atom stereocenters. The van der Waals surface area contributed by atoms with Gasteiger partial charge < -0.3 is 18.9 Å². The molecule has 0 spiro atoms. The van der Waals surface area contributed by atoms with Crippen LogP contribution in [0.2, 0.25) is 0 Å². The van der Waals surface area contributed by atoms with Gasteiger partial charge in [-0.25, -0.2) is 4.79 Å². The topological polar surface area (TPSA) is 119 Å². The fraction of sp³-hybridized carbons (Fsp3) is 0.304. The number of esters is 1. The summed E-state index contributed by atoms with van der Waals surface area (Å²) in [6.45, 7) is 3.51. The van der Waals surface area contributed by atoms with Crippen molar-refractivity contribution in [1.82, 2.24) is 0 Å². The van der Waals surface area contributed by atoms with Crippen molar-refractivity contribution >= 4 is 29.2 Å². The van der Waals surface area contributed by atoms with Crippen molar-refractivity contribution in [2.24, 2.45) is 0 Å². The third kappa shape index (κ3) is 5.08. The molecule has 0 aliphatic rings. The van der Waals surface area contributed by atoms with Crippen LogP contribution >= 0.6 is 11.3 Å². The second-order valence-corrected chi connectivity index (χ2v) is 7.51. The molecule has 2 rings (SSSR count). The number of ether oxygens (including phenoxy) is 4. The van der Waals surface area contributed by atoms with E-state index in [2.05, 4.69) is 0 Å². The van der Waals surface area contributed by atoms with Crippen molar-refractivity contribution < 1.29 is 28.5 Å². The zero-order valence-electron chi connectivity index (χ0n) is 18.4. The number of thiophene rings is 1. The maximum atomic E-state index is 12.9. The maximum Gasteiger partial charge on any atom is 0.348 e. The van der Waals surface area contributed by atoms with Crippen LogP contribution in [0, 0.1) is 29.6 Å². The summed E-state index contributed by atoms with van der Waals surface area (Å²) in [5.74, 6) is 0.181. The van der Waals surface area contributed by atoms with Gasteiger partial charge in [0.1, 0.15) is 22.8 Å². The van der Waals surface area contributed by atoms with Crippen molar-refractivity contribution in [3.05, 3.63) is 44.2 Å². The number of allylic oxidation sites excluding steroid dienone is 1. The highest BCUT2D eigenvalue weighted by Gasteiger charge is 2.24. The molecule has 32 heavy (non-hydrogen) atoms. The first kappa shape index (κ1) is 24.4. The lowest BCUT2D eigenvalue weighted by Gasteiger charge is -2.12. The van der Waals surface area contributed by atoms with E-state index in [1.54, 1.807) is 26.0 Å². The fourth-order valence-corrected chi connectivity index (χ4v) is 4.12. The predicted molar refractivity (Wildman–Crippen MR) is 118 cm³/mol. The number of carbonyl (C=O) groups excluding carboxylic acids is 2. The van der Waals surface area contributed by atoms with Gasteiger partial charge in [0.2, 0.25) is 0 Å². The number of hydrogen-bond donors (Lipinski definition) is 0. The quantitative estimate of drug-likeness (QED) is 0.318. The van der Waals surface area contributed by atoms with Gasteiger partial charge in [-0.05, 0) is 31.6 Å². The van der Waals surface area contributed by atoms with Gasteiger partial charge >= 0.3 is 5.97 Å². The largest absolute Gasteiger partial charge is 0.496 e. The highest BCUT2D eigenvalue weighted by Crippen LogP contribution is 2.36. The van der Waals surface area contributed by atoms with Crippen LogP contribution in [0.3, 0.4) is 0 Å².